The van der Waals surface area contributed by atoms with E-state index in [1.54, 1.807) is 68.6 Å². The number of ether oxygens (including phenoxy) is 2. The lowest BCUT2D eigenvalue weighted by atomic mass is 9.97. The first-order valence-electron chi connectivity index (χ1n) is 10.6. The number of anilines is 1. The number of hydrogen-bond donors (Lipinski definition) is 1. The summed E-state index contributed by atoms with van der Waals surface area (Å²) in [4.78, 5) is 27.6. The molecule has 0 saturated carbocycles. The molecule has 1 fully saturated rings. The standard InChI is InChI=1S/C26H25NO6/c1-15(2)33-18-9-7-17(8-10-18)27-23(21-6-5-13-32-21)22(25(29)26(27)30)24(28)20-12-11-19(31-4)14-16(20)3/h5-15,23,28H,1-4H3/b24-22-. The van der Waals surface area contributed by atoms with Gasteiger partial charge in [-0.05, 0) is 80.9 Å². The highest BCUT2D eigenvalue weighted by atomic mass is 16.5. The zero-order valence-corrected chi connectivity index (χ0v) is 18.9. The van der Waals surface area contributed by atoms with Crippen LogP contribution in [-0.4, -0.2) is 30.0 Å². The lowest BCUT2D eigenvalue weighted by Crippen LogP contribution is -2.29. The Morgan fingerprint density at radius 2 is 1.76 bits per heavy atom. The van der Waals surface area contributed by atoms with Gasteiger partial charge in [0.25, 0.3) is 11.7 Å². The first kappa shape index (κ1) is 22.2. The van der Waals surface area contributed by atoms with E-state index in [9.17, 15) is 14.7 Å². The number of hydrogen-bond acceptors (Lipinski definition) is 6. The minimum Gasteiger partial charge on any atom is -0.507 e. The van der Waals surface area contributed by atoms with Crippen molar-refractivity contribution in [3.63, 3.8) is 0 Å². The summed E-state index contributed by atoms with van der Waals surface area (Å²) in [7, 11) is 1.55. The van der Waals surface area contributed by atoms with Gasteiger partial charge in [0.15, 0.2) is 0 Å². The second kappa shape index (κ2) is 8.86. The maximum atomic E-state index is 13.2. The molecule has 33 heavy (non-hydrogen) atoms. The van der Waals surface area contributed by atoms with Crippen LogP contribution in [-0.2, 0) is 9.59 Å². The molecule has 3 aromatic rings. The summed E-state index contributed by atoms with van der Waals surface area (Å²) in [6.45, 7) is 5.64. The van der Waals surface area contributed by atoms with Gasteiger partial charge in [-0.2, -0.15) is 0 Å². The number of nitrogens with zero attached hydrogens (tertiary/aromatic N) is 1. The van der Waals surface area contributed by atoms with Crippen molar-refractivity contribution in [1.29, 1.82) is 0 Å². The van der Waals surface area contributed by atoms with E-state index in [1.807, 2.05) is 13.8 Å². The summed E-state index contributed by atoms with van der Waals surface area (Å²) in [6, 6.07) is 14.4. The fraction of sp³-hybridized carbons (Fsp3) is 0.231. The molecule has 1 saturated heterocycles. The molecular formula is C26H25NO6. The molecule has 2 aromatic carbocycles. The van der Waals surface area contributed by atoms with Crippen LogP contribution in [0, 0.1) is 6.92 Å². The molecule has 1 aliphatic rings. The number of aliphatic hydroxyl groups is 1. The molecule has 1 aromatic heterocycles. The lowest BCUT2D eigenvalue weighted by Gasteiger charge is -2.24. The Labute approximate surface area is 191 Å². The molecule has 170 valence electrons. The number of aliphatic hydroxyl groups excluding tert-OH is 1. The third-order valence-electron chi connectivity index (χ3n) is 5.43. The summed E-state index contributed by atoms with van der Waals surface area (Å²) in [5, 5.41) is 11.2. The zero-order chi connectivity index (χ0) is 23.7. The molecule has 0 aliphatic carbocycles. The molecule has 0 radical (unpaired) electrons. The third-order valence-corrected chi connectivity index (χ3v) is 5.43. The van der Waals surface area contributed by atoms with E-state index in [0.717, 1.165) is 0 Å². The number of Topliss-reactive ketones (excluding diaryl/α,β-unsaturated/α-hetero) is 1. The maximum Gasteiger partial charge on any atom is 0.300 e. The summed E-state index contributed by atoms with van der Waals surface area (Å²) in [5.74, 6) is -0.167. The van der Waals surface area contributed by atoms with Gasteiger partial charge < -0.3 is 19.0 Å². The van der Waals surface area contributed by atoms with Gasteiger partial charge in [-0.3, -0.25) is 14.5 Å². The first-order valence-corrected chi connectivity index (χ1v) is 10.6. The van der Waals surface area contributed by atoms with Crippen LogP contribution in [0.15, 0.2) is 70.9 Å². The Bertz CT molecular complexity index is 1210. The average molecular weight is 447 g/mol. The van der Waals surface area contributed by atoms with E-state index in [0.29, 0.717) is 34.1 Å². The SMILES string of the molecule is COc1ccc(/C(O)=C2/C(=O)C(=O)N(c3ccc(OC(C)C)cc3)C2c2ccco2)c(C)c1. The van der Waals surface area contributed by atoms with Crippen molar-refractivity contribution in [2.45, 2.75) is 32.9 Å². The van der Waals surface area contributed by atoms with Crippen molar-refractivity contribution in [1.82, 2.24) is 0 Å². The monoisotopic (exact) mass is 447 g/mol. The normalized spacial score (nSPS) is 17.6. The van der Waals surface area contributed by atoms with E-state index in [1.165, 1.54) is 11.2 Å². The number of ketones is 1. The molecule has 1 atom stereocenters. The topological polar surface area (TPSA) is 89.2 Å². The Morgan fingerprint density at radius 1 is 1.06 bits per heavy atom. The predicted octanol–water partition coefficient (Wildman–Crippen LogP) is 5.01. The van der Waals surface area contributed by atoms with Crippen LogP contribution >= 0.6 is 0 Å². The second-order valence-corrected chi connectivity index (χ2v) is 8.03. The van der Waals surface area contributed by atoms with Gasteiger partial charge in [0.05, 0.1) is 25.1 Å². The minimum atomic E-state index is -0.918. The number of methoxy groups -OCH3 is 1. The van der Waals surface area contributed by atoms with Crippen molar-refractivity contribution in [3.8, 4) is 11.5 Å². The number of amides is 1. The van der Waals surface area contributed by atoms with E-state index < -0.39 is 17.7 Å². The number of furan rings is 1. The predicted molar refractivity (Wildman–Crippen MR) is 123 cm³/mol. The molecule has 0 spiro atoms. The average Bonchev–Trinajstić information content (AvgIpc) is 3.40. The van der Waals surface area contributed by atoms with Gasteiger partial charge in [0.2, 0.25) is 0 Å². The van der Waals surface area contributed by atoms with Crippen LogP contribution in [0.25, 0.3) is 5.76 Å². The second-order valence-electron chi connectivity index (χ2n) is 8.03. The van der Waals surface area contributed by atoms with Crippen molar-refractivity contribution in [2.24, 2.45) is 0 Å². The van der Waals surface area contributed by atoms with Crippen LogP contribution in [0.1, 0.15) is 36.8 Å². The molecule has 1 amide bonds. The third kappa shape index (κ3) is 4.09. The van der Waals surface area contributed by atoms with E-state index >= 15 is 0 Å². The molecule has 7 heteroatoms. The van der Waals surface area contributed by atoms with Gasteiger partial charge >= 0.3 is 0 Å². The summed E-state index contributed by atoms with van der Waals surface area (Å²) >= 11 is 0. The highest BCUT2D eigenvalue weighted by molar-refractivity contribution is 6.51. The molecule has 0 bridgehead atoms. The van der Waals surface area contributed by atoms with Crippen LogP contribution in [0.3, 0.4) is 0 Å². The van der Waals surface area contributed by atoms with Crippen molar-refractivity contribution in [2.75, 3.05) is 12.0 Å². The number of benzene rings is 2. The van der Waals surface area contributed by atoms with E-state index in [4.69, 9.17) is 13.9 Å². The highest BCUT2D eigenvalue weighted by Gasteiger charge is 2.48. The molecule has 1 N–H and O–H groups in total. The molecule has 1 unspecified atom stereocenters. The fourth-order valence-corrected chi connectivity index (χ4v) is 3.95. The van der Waals surface area contributed by atoms with Gasteiger partial charge in [0.1, 0.15) is 29.1 Å². The number of carbonyl (C=O) groups excluding carboxylic acids is 2. The largest absolute Gasteiger partial charge is 0.507 e. The maximum absolute atomic E-state index is 13.2. The van der Waals surface area contributed by atoms with Gasteiger partial charge in [-0.1, -0.05) is 0 Å². The number of rotatable bonds is 6. The molecule has 4 rings (SSSR count). The van der Waals surface area contributed by atoms with Crippen molar-refractivity contribution in [3.05, 3.63) is 83.3 Å². The summed E-state index contributed by atoms with van der Waals surface area (Å²) in [6.07, 6.45) is 1.47. The molecule has 2 heterocycles. The van der Waals surface area contributed by atoms with Crippen molar-refractivity contribution < 1.29 is 28.6 Å². The van der Waals surface area contributed by atoms with Gasteiger partial charge in [-0.25, -0.2) is 0 Å². The van der Waals surface area contributed by atoms with E-state index in [-0.39, 0.29) is 17.4 Å². The Kier molecular flexibility index (Phi) is 5.96. The van der Waals surface area contributed by atoms with Crippen LogP contribution in [0.2, 0.25) is 0 Å². The molecule has 7 nitrogen and oxygen atoms in total. The highest BCUT2D eigenvalue weighted by Crippen LogP contribution is 2.43. The Balaban J connectivity index is 1.84. The number of aryl methyl sites for hydroxylation is 1. The number of carbonyl (C=O) groups is 2. The first-order chi connectivity index (χ1) is 15.8. The summed E-state index contributed by atoms with van der Waals surface area (Å²) < 4.78 is 16.5. The minimum absolute atomic E-state index is 0.000864. The Hall–Kier alpha value is -4.00. The van der Waals surface area contributed by atoms with Crippen LogP contribution in [0.5, 0.6) is 11.5 Å². The zero-order valence-electron chi connectivity index (χ0n) is 18.9. The molecular weight excluding hydrogens is 422 g/mol. The smallest absolute Gasteiger partial charge is 0.300 e. The van der Waals surface area contributed by atoms with Crippen LogP contribution in [0.4, 0.5) is 5.69 Å². The molecule has 1 aliphatic heterocycles. The fourth-order valence-electron chi connectivity index (χ4n) is 3.95. The van der Waals surface area contributed by atoms with Crippen LogP contribution < -0.4 is 14.4 Å². The van der Waals surface area contributed by atoms with Gasteiger partial charge in [-0.15, -0.1) is 0 Å². The Morgan fingerprint density at radius 3 is 2.33 bits per heavy atom. The van der Waals surface area contributed by atoms with Crippen molar-refractivity contribution >= 4 is 23.1 Å². The quantitative estimate of drug-likeness (QED) is 0.325. The lowest BCUT2D eigenvalue weighted by molar-refractivity contribution is -0.132. The summed E-state index contributed by atoms with van der Waals surface area (Å²) in [5.41, 5.74) is 1.59. The van der Waals surface area contributed by atoms with E-state index in [2.05, 4.69) is 0 Å². The van der Waals surface area contributed by atoms with Gasteiger partial charge in [0, 0.05) is 11.3 Å².